The zero-order valence-corrected chi connectivity index (χ0v) is 16.7. The van der Waals surface area contributed by atoms with Gasteiger partial charge in [0.1, 0.15) is 17.0 Å². The molecule has 4 aromatic rings. The van der Waals surface area contributed by atoms with Crippen molar-refractivity contribution >= 4 is 22.1 Å². The van der Waals surface area contributed by atoms with Gasteiger partial charge in [0.05, 0.1) is 11.7 Å². The number of fused-ring (bicyclic) bond motifs is 3. The van der Waals surface area contributed by atoms with Crippen LogP contribution in [0.15, 0.2) is 48.8 Å². The van der Waals surface area contributed by atoms with Crippen LogP contribution in [0.25, 0.3) is 22.1 Å². The van der Waals surface area contributed by atoms with Crippen molar-refractivity contribution in [1.29, 1.82) is 0 Å². The fourth-order valence-corrected chi connectivity index (χ4v) is 5.11. The Morgan fingerprint density at radius 2 is 1.83 bits per heavy atom. The number of rotatable bonds is 4. The van der Waals surface area contributed by atoms with E-state index in [1.807, 2.05) is 12.4 Å². The molecular formula is C24H27N5. The molecule has 6 rings (SSSR count). The molecule has 0 spiro atoms. The summed E-state index contributed by atoms with van der Waals surface area (Å²) in [7, 11) is 0. The summed E-state index contributed by atoms with van der Waals surface area (Å²) in [6.07, 6.45) is 10.2. The highest BCUT2D eigenvalue weighted by Gasteiger charge is 2.31. The predicted octanol–water partition coefficient (Wildman–Crippen LogP) is 5.02. The largest absolute Gasteiger partial charge is 0.346 e. The van der Waals surface area contributed by atoms with Crippen LogP contribution in [0.1, 0.15) is 55.5 Å². The van der Waals surface area contributed by atoms with E-state index in [4.69, 9.17) is 4.98 Å². The van der Waals surface area contributed by atoms with Crippen molar-refractivity contribution in [2.45, 2.75) is 50.6 Å². The smallest absolute Gasteiger partial charge is 0.139 e. The Balaban J connectivity index is 1.33. The first-order chi connectivity index (χ1) is 14.4. The van der Waals surface area contributed by atoms with Crippen molar-refractivity contribution in [3.05, 3.63) is 60.2 Å². The van der Waals surface area contributed by atoms with Crippen LogP contribution < -0.4 is 0 Å². The number of nitrogens with one attached hydrogen (secondary N) is 1. The molecule has 1 N–H and O–H groups in total. The number of piperidine rings is 1. The maximum absolute atomic E-state index is 5.10. The maximum Gasteiger partial charge on any atom is 0.139 e. The quantitative estimate of drug-likeness (QED) is 0.537. The van der Waals surface area contributed by atoms with Gasteiger partial charge in [-0.1, -0.05) is 36.8 Å². The van der Waals surface area contributed by atoms with Crippen molar-refractivity contribution in [3.8, 4) is 0 Å². The van der Waals surface area contributed by atoms with Crippen molar-refractivity contribution in [1.82, 2.24) is 24.4 Å². The van der Waals surface area contributed by atoms with Crippen molar-refractivity contribution in [2.75, 3.05) is 13.1 Å². The Morgan fingerprint density at radius 1 is 1.00 bits per heavy atom. The summed E-state index contributed by atoms with van der Waals surface area (Å²) in [5.74, 6) is 1.93. The van der Waals surface area contributed by atoms with Gasteiger partial charge in [-0.15, -0.1) is 0 Å². The lowest BCUT2D eigenvalue weighted by Gasteiger charge is -2.35. The molecule has 5 nitrogen and oxygen atoms in total. The molecule has 1 aliphatic heterocycles. The van der Waals surface area contributed by atoms with Crippen LogP contribution in [-0.4, -0.2) is 37.5 Å². The fraction of sp³-hybridized carbons (Fsp3) is 0.417. The Labute approximate surface area is 170 Å². The van der Waals surface area contributed by atoms with Crippen LogP contribution in [0.3, 0.4) is 0 Å². The van der Waals surface area contributed by atoms with Gasteiger partial charge in [0.25, 0.3) is 0 Å². The van der Waals surface area contributed by atoms with Crippen LogP contribution in [0, 0.1) is 0 Å². The van der Waals surface area contributed by atoms with E-state index in [9.17, 15) is 0 Å². The van der Waals surface area contributed by atoms with E-state index < -0.39 is 0 Å². The van der Waals surface area contributed by atoms with Gasteiger partial charge in [0, 0.05) is 43.2 Å². The Morgan fingerprint density at radius 3 is 2.59 bits per heavy atom. The SMILES string of the molecule is c1ccc(CN2CCC(n3c(C4CCC4)nc4cnc5[nH]ccc5c43)CC2)cc1. The second-order valence-corrected chi connectivity index (χ2v) is 8.69. The van der Waals surface area contributed by atoms with E-state index in [2.05, 4.69) is 55.8 Å². The van der Waals surface area contributed by atoms with Crippen molar-refractivity contribution in [2.24, 2.45) is 0 Å². The van der Waals surface area contributed by atoms with Gasteiger partial charge < -0.3 is 9.55 Å². The molecule has 2 fully saturated rings. The minimum atomic E-state index is 0.531. The zero-order chi connectivity index (χ0) is 19.2. The van der Waals surface area contributed by atoms with E-state index in [1.54, 1.807) is 0 Å². The van der Waals surface area contributed by atoms with E-state index in [-0.39, 0.29) is 0 Å². The lowest BCUT2D eigenvalue weighted by atomic mass is 9.84. The Kier molecular flexibility index (Phi) is 4.15. The minimum absolute atomic E-state index is 0.531. The van der Waals surface area contributed by atoms with Gasteiger partial charge >= 0.3 is 0 Å². The normalized spacial score (nSPS) is 19.2. The molecule has 0 unspecified atom stereocenters. The molecule has 2 aliphatic rings. The number of aromatic amines is 1. The number of nitrogens with zero attached hydrogens (tertiary/aromatic N) is 4. The summed E-state index contributed by atoms with van der Waals surface area (Å²) < 4.78 is 2.61. The molecule has 1 aromatic carbocycles. The standard InChI is InChI=1S/C24H27N5/c1-2-5-17(6-3-1)16-28-13-10-19(11-14-28)29-22-20-9-12-25-23(20)26-15-21(22)27-24(29)18-7-4-8-18/h1-3,5-6,9,12,15,18-19H,4,7-8,10-11,13-14,16H2,(H,25,26). The zero-order valence-electron chi connectivity index (χ0n) is 16.7. The van der Waals surface area contributed by atoms with Gasteiger partial charge in [0.15, 0.2) is 0 Å². The van der Waals surface area contributed by atoms with Gasteiger partial charge in [-0.05, 0) is 37.3 Å². The summed E-state index contributed by atoms with van der Waals surface area (Å²) in [6.45, 7) is 3.34. The minimum Gasteiger partial charge on any atom is -0.346 e. The maximum atomic E-state index is 5.10. The molecule has 0 bridgehead atoms. The summed E-state index contributed by atoms with van der Waals surface area (Å²) in [5, 5.41) is 1.22. The summed E-state index contributed by atoms with van der Waals surface area (Å²) in [5.41, 5.74) is 4.74. The first kappa shape index (κ1) is 17.2. The fourth-order valence-electron chi connectivity index (χ4n) is 5.11. The number of H-pyrrole nitrogens is 1. The van der Waals surface area contributed by atoms with E-state index in [0.717, 1.165) is 30.8 Å². The Bertz CT molecular complexity index is 1130. The summed E-state index contributed by atoms with van der Waals surface area (Å²) >= 11 is 0. The van der Waals surface area contributed by atoms with Crippen molar-refractivity contribution in [3.63, 3.8) is 0 Å². The number of pyridine rings is 1. The predicted molar refractivity (Wildman–Crippen MR) is 116 cm³/mol. The monoisotopic (exact) mass is 385 g/mol. The third kappa shape index (κ3) is 2.96. The second kappa shape index (κ2) is 6.99. The van der Waals surface area contributed by atoms with Crippen LogP contribution in [0.5, 0.6) is 0 Å². The molecule has 5 heteroatoms. The first-order valence-electron chi connectivity index (χ1n) is 11.0. The van der Waals surface area contributed by atoms with Crippen molar-refractivity contribution < 1.29 is 0 Å². The number of hydrogen-bond acceptors (Lipinski definition) is 3. The van der Waals surface area contributed by atoms with Crippen LogP contribution >= 0.6 is 0 Å². The number of likely N-dealkylation sites (tertiary alicyclic amines) is 1. The second-order valence-electron chi connectivity index (χ2n) is 8.69. The number of hydrogen-bond donors (Lipinski definition) is 1. The average molecular weight is 386 g/mol. The summed E-state index contributed by atoms with van der Waals surface area (Å²) in [6, 6.07) is 13.5. The highest BCUT2D eigenvalue weighted by molar-refractivity contribution is 6.01. The lowest BCUT2D eigenvalue weighted by Crippen LogP contribution is -2.35. The molecule has 1 saturated heterocycles. The van der Waals surface area contributed by atoms with E-state index in [1.165, 1.54) is 54.4 Å². The molecular weight excluding hydrogens is 358 g/mol. The molecule has 0 atom stereocenters. The van der Waals surface area contributed by atoms with E-state index >= 15 is 0 Å². The molecule has 29 heavy (non-hydrogen) atoms. The van der Waals surface area contributed by atoms with Crippen LogP contribution in [-0.2, 0) is 6.54 Å². The molecule has 148 valence electrons. The van der Waals surface area contributed by atoms with Gasteiger partial charge in [-0.25, -0.2) is 9.97 Å². The highest BCUT2D eigenvalue weighted by atomic mass is 15.2. The van der Waals surface area contributed by atoms with Gasteiger partial charge in [-0.2, -0.15) is 0 Å². The van der Waals surface area contributed by atoms with E-state index in [0.29, 0.717) is 12.0 Å². The average Bonchev–Trinajstić information content (AvgIpc) is 3.32. The lowest BCUT2D eigenvalue weighted by molar-refractivity contribution is 0.177. The Hall–Kier alpha value is -2.66. The molecule has 3 aromatic heterocycles. The number of aromatic nitrogens is 4. The molecule has 1 aliphatic carbocycles. The molecule has 4 heterocycles. The summed E-state index contributed by atoms with van der Waals surface area (Å²) in [4.78, 5) is 15.6. The van der Waals surface area contributed by atoms with Crippen LogP contribution in [0.4, 0.5) is 0 Å². The van der Waals surface area contributed by atoms with Gasteiger partial charge in [-0.3, -0.25) is 4.90 Å². The highest BCUT2D eigenvalue weighted by Crippen LogP contribution is 2.41. The topological polar surface area (TPSA) is 49.7 Å². The number of benzene rings is 1. The third-order valence-electron chi connectivity index (χ3n) is 6.90. The van der Waals surface area contributed by atoms with Crippen LogP contribution in [0.2, 0.25) is 0 Å². The molecule has 0 radical (unpaired) electrons. The number of imidazole rings is 1. The first-order valence-corrected chi connectivity index (χ1v) is 11.0. The third-order valence-corrected chi connectivity index (χ3v) is 6.90. The van der Waals surface area contributed by atoms with Gasteiger partial charge in [0.2, 0.25) is 0 Å². The molecule has 1 saturated carbocycles. The molecule has 0 amide bonds.